The fourth-order valence-corrected chi connectivity index (χ4v) is 4.90. The number of anilines is 1. The molecule has 0 saturated carbocycles. The SMILES string of the molecule is N#Cc1cccnc1N1CCN(S(=O)(=O)c2ccc(OCc3ccccc3)cc2)CC1. The molecule has 4 rings (SSSR count). The monoisotopic (exact) mass is 434 g/mol. The zero-order valence-corrected chi connectivity index (χ0v) is 17.7. The van der Waals surface area contributed by atoms with Crippen LogP contribution >= 0.6 is 0 Å². The number of pyridine rings is 1. The van der Waals surface area contributed by atoms with Crippen molar-refractivity contribution in [2.24, 2.45) is 0 Å². The summed E-state index contributed by atoms with van der Waals surface area (Å²) < 4.78 is 33.3. The highest BCUT2D eigenvalue weighted by atomic mass is 32.2. The van der Waals surface area contributed by atoms with Crippen LogP contribution in [0.2, 0.25) is 0 Å². The maximum atomic E-state index is 13.0. The summed E-state index contributed by atoms with van der Waals surface area (Å²) in [4.78, 5) is 6.48. The minimum atomic E-state index is -3.60. The van der Waals surface area contributed by atoms with E-state index in [4.69, 9.17) is 4.74 Å². The van der Waals surface area contributed by atoms with Gasteiger partial charge in [0.25, 0.3) is 0 Å². The van der Waals surface area contributed by atoms with Crippen LogP contribution in [0.3, 0.4) is 0 Å². The molecule has 3 aromatic rings. The topological polar surface area (TPSA) is 86.5 Å². The van der Waals surface area contributed by atoms with Gasteiger partial charge in [-0.05, 0) is 42.0 Å². The lowest BCUT2D eigenvalue weighted by Gasteiger charge is -2.34. The minimum Gasteiger partial charge on any atom is -0.489 e. The van der Waals surface area contributed by atoms with Gasteiger partial charge in [0.05, 0.1) is 10.5 Å². The van der Waals surface area contributed by atoms with E-state index in [-0.39, 0.29) is 4.90 Å². The molecule has 1 aliphatic rings. The lowest BCUT2D eigenvalue weighted by atomic mass is 10.2. The van der Waals surface area contributed by atoms with Crippen molar-refractivity contribution >= 4 is 15.8 Å². The van der Waals surface area contributed by atoms with Gasteiger partial charge in [-0.1, -0.05) is 30.3 Å². The maximum Gasteiger partial charge on any atom is 0.243 e. The number of aromatic nitrogens is 1. The highest BCUT2D eigenvalue weighted by Gasteiger charge is 2.29. The van der Waals surface area contributed by atoms with Crippen molar-refractivity contribution in [3.8, 4) is 11.8 Å². The van der Waals surface area contributed by atoms with E-state index < -0.39 is 10.0 Å². The normalized spacial score (nSPS) is 14.7. The third-order valence-corrected chi connectivity index (χ3v) is 7.07. The smallest absolute Gasteiger partial charge is 0.243 e. The van der Waals surface area contributed by atoms with E-state index in [1.54, 1.807) is 42.6 Å². The van der Waals surface area contributed by atoms with Gasteiger partial charge in [0.15, 0.2) is 0 Å². The highest BCUT2D eigenvalue weighted by Crippen LogP contribution is 2.24. The summed E-state index contributed by atoms with van der Waals surface area (Å²) in [7, 11) is -3.60. The minimum absolute atomic E-state index is 0.239. The number of nitrogens with zero attached hydrogens (tertiary/aromatic N) is 4. The fourth-order valence-electron chi connectivity index (χ4n) is 3.47. The second-order valence-electron chi connectivity index (χ2n) is 7.12. The Morgan fingerprint density at radius 2 is 1.65 bits per heavy atom. The summed E-state index contributed by atoms with van der Waals surface area (Å²) in [5, 5.41) is 9.27. The first-order chi connectivity index (χ1) is 15.1. The van der Waals surface area contributed by atoms with Crippen LogP contribution in [0.4, 0.5) is 5.82 Å². The van der Waals surface area contributed by atoms with Crippen LogP contribution < -0.4 is 9.64 Å². The fraction of sp³-hybridized carbons (Fsp3) is 0.217. The van der Waals surface area contributed by atoms with E-state index in [1.165, 1.54) is 4.31 Å². The Balaban J connectivity index is 1.39. The molecule has 7 nitrogen and oxygen atoms in total. The molecule has 0 N–H and O–H groups in total. The second-order valence-corrected chi connectivity index (χ2v) is 9.06. The summed E-state index contributed by atoms with van der Waals surface area (Å²) >= 11 is 0. The first-order valence-electron chi connectivity index (χ1n) is 9.95. The van der Waals surface area contributed by atoms with Gasteiger partial charge in [0.2, 0.25) is 10.0 Å². The molecule has 1 aromatic heterocycles. The Bertz CT molecular complexity index is 1170. The van der Waals surface area contributed by atoms with Crippen LogP contribution in [0.15, 0.2) is 77.8 Å². The zero-order valence-electron chi connectivity index (χ0n) is 16.9. The van der Waals surface area contributed by atoms with E-state index in [2.05, 4.69) is 11.1 Å². The number of hydrogen-bond donors (Lipinski definition) is 0. The number of rotatable bonds is 6. The molecule has 2 heterocycles. The molecular weight excluding hydrogens is 412 g/mol. The molecule has 0 unspecified atom stereocenters. The molecule has 1 saturated heterocycles. The zero-order chi connectivity index (χ0) is 21.7. The summed E-state index contributed by atoms with van der Waals surface area (Å²) in [5.41, 5.74) is 1.54. The first kappa shape index (κ1) is 20.8. The molecule has 2 aromatic carbocycles. The van der Waals surface area contributed by atoms with E-state index in [0.717, 1.165) is 5.56 Å². The third kappa shape index (κ3) is 4.68. The van der Waals surface area contributed by atoms with Gasteiger partial charge < -0.3 is 9.64 Å². The maximum absolute atomic E-state index is 13.0. The molecule has 0 atom stereocenters. The Morgan fingerprint density at radius 1 is 0.935 bits per heavy atom. The average molecular weight is 435 g/mol. The molecule has 0 amide bonds. The second kappa shape index (κ2) is 9.16. The van der Waals surface area contributed by atoms with Crippen LogP contribution in [-0.4, -0.2) is 43.9 Å². The molecular formula is C23H22N4O3S. The van der Waals surface area contributed by atoms with Gasteiger partial charge in [0, 0.05) is 32.4 Å². The summed E-state index contributed by atoms with van der Waals surface area (Å²) in [5.74, 6) is 1.22. The van der Waals surface area contributed by atoms with Crippen molar-refractivity contribution in [2.45, 2.75) is 11.5 Å². The van der Waals surface area contributed by atoms with Crippen molar-refractivity contribution in [1.29, 1.82) is 5.26 Å². The molecule has 1 aliphatic heterocycles. The molecule has 0 aliphatic carbocycles. The van der Waals surface area contributed by atoms with E-state index in [1.807, 2.05) is 35.2 Å². The molecule has 31 heavy (non-hydrogen) atoms. The number of ether oxygens (including phenoxy) is 1. The van der Waals surface area contributed by atoms with Crippen molar-refractivity contribution in [2.75, 3.05) is 31.1 Å². The summed E-state index contributed by atoms with van der Waals surface area (Å²) in [6.07, 6.45) is 1.64. The number of nitriles is 1. The summed E-state index contributed by atoms with van der Waals surface area (Å²) in [6, 6.07) is 21.9. The first-order valence-corrected chi connectivity index (χ1v) is 11.4. The lowest BCUT2D eigenvalue weighted by Crippen LogP contribution is -2.49. The van der Waals surface area contributed by atoms with Gasteiger partial charge in [-0.3, -0.25) is 0 Å². The number of hydrogen-bond acceptors (Lipinski definition) is 6. The molecule has 0 spiro atoms. The number of sulfonamides is 1. The molecule has 1 fully saturated rings. The van der Waals surface area contributed by atoms with Crippen LogP contribution in [0, 0.1) is 11.3 Å². The largest absolute Gasteiger partial charge is 0.489 e. The van der Waals surface area contributed by atoms with Crippen LogP contribution in [0.25, 0.3) is 0 Å². The van der Waals surface area contributed by atoms with Gasteiger partial charge in [-0.15, -0.1) is 0 Å². The van der Waals surface area contributed by atoms with Gasteiger partial charge in [0.1, 0.15) is 24.2 Å². The molecule has 158 valence electrons. The van der Waals surface area contributed by atoms with E-state index in [9.17, 15) is 13.7 Å². The van der Waals surface area contributed by atoms with Crippen LogP contribution in [0.1, 0.15) is 11.1 Å². The van der Waals surface area contributed by atoms with E-state index >= 15 is 0 Å². The third-order valence-electron chi connectivity index (χ3n) is 5.16. The van der Waals surface area contributed by atoms with Crippen LogP contribution in [-0.2, 0) is 16.6 Å². The average Bonchev–Trinajstić information content (AvgIpc) is 2.83. The Morgan fingerprint density at radius 3 is 2.32 bits per heavy atom. The molecule has 0 radical (unpaired) electrons. The van der Waals surface area contributed by atoms with Crippen molar-refractivity contribution in [1.82, 2.24) is 9.29 Å². The van der Waals surface area contributed by atoms with Crippen molar-refractivity contribution in [3.63, 3.8) is 0 Å². The van der Waals surface area contributed by atoms with Gasteiger partial charge >= 0.3 is 0 Å². The van der Waals surface area contributed by atoms with Gasteiger partial charge in [-0.25, -0.2) is 13.4 Å². The predicted octanol–water partition coefficient (Wildman–Crippen LogP) is 3.04. The highest BCUT2D eigenvalue weighted by molar-refractivity contribution is 7.89. The quantitative estimate of drug-likeness (QED) is 0.593. The summed E-state index contributed by atoms with van der Waals surface area (Å²) in [6.45, 7) is 2.03. The number of benzene rings is 2. The Hall–Kier alpha value is -3.41. The molecule has 0 bridgehead atoms. The van der Waals surface area contributed by atoms with Gasteiger partial charge in [-0.2, -0.15) is 9.57 Å². The standard InChI is InChI=1S/C23H22N4O3S/c24-17-20-7-4-12-25-23(20)26-13-15-27(16-14-26)31(28,29)22-10-8-21(9-11-22)30-18-19-5-2-1-3-6-19/h1-12H,13-16,18H2. The van der Waals surface area contributed by atoms with Crippen LogP contribution in [0.5, 0.6) is 5.75 Å². The van der Waals surface area contributed by atoms with Crippen molar-refractivity contribution < 1.29 is 13.2 Å². The Kier molecular flexibility index (Phi) is 6.16. The Labute approximate surface area is 182 Å². The lowest BCUT2D eigenvalue weighted by molar-refractivity contribution is 0.306. The van der Waals surface area contributed by atoms with Crippen molar-refractivity contribution in [3.05, 3.63) is 84.1 Å². The number of piperazine rings is 1. The predicted molar refractivity (Wildman–Crippen MR) is 117 cm³/mol. The van der Waals surface area contributed by atoms with E-state index in [0.29, 0.717) is 49.9 Å². The molecule has 8 heteroatoms.